The van der Waals surface area contributed by atoms with E-state index < -0.39 is 5.82 Å². The number of anilines is 3. The minimum Gasteiger partial charge on any atom is -0.494 e. The second-order valence-electron chi connectivity index (χ2n) is 4.13. The van der Waals surface area contributed by atoms with Gasteiger partial charge in [-0.3, -0.25) is 0 Å². The summed E-state index contributed by atoms with van der Waals surface area (Å²) in [6, 6.07) is 6.43. The summed E-state index contributed by atoms with van der Waals surface area (Å²) in [6.45, 7) is 1.98. The number of ether oxygens (including phenoxy) is 1. The van der Waals surface area contributed by atoms with E-state index in [9.17, 15) is 4.39 Å². The topological polar surface area (TPSA) is 59.1 Å². The predicted octanol–water partition coefficient (Wildman–Crippen LogP) is 2.97. The van der Waals surface area contributed by atoms with Crippen LogP contribution in [0.25, 0.3) is 0 Å². The van der Waals surface area contributed by atoms with E-state index in [1.165, 1.54) is 13.2 Å². The largest absolute Gasteiger partial charge is 0.494 e. The van der Waals surface area contributed by atoms with Gasteiger partial charge in [-0.2, -0.15) is 0 Å². The van der Waals surface area contributed by atoms with Crippen LogP contribution in [0.1, 0.15) is 12.7 Å². The lowest BCUT2D eigenvalue weighted by molar-refractivity contribution is 0.386. The number of aromatic nitrogens is 2. The Morgan fingerprint density at radius 2 is 1.95 bits per heavy atom. The normalized spacial score (nSPS) is 10.2. The Kier molecular flexibility index (Phi) is 4.34. The van der Waals surface area contributed by atoms with Gasteiger partial charge in [-0.05, 0) is 12.1 Å². The Bertz CT molecular complexity index is 581. The highest BCUT2D eigenvalue weighted by atomic mass is 19.1. The van der Waals surface area contributed by atoms with Gasteiger partial charge in [0.05, 0.1) is 7.11 Å². The minimum atomic E-state index is -0.420. The van der Waals surface area contributed by atoms with Crippen LogP contribution < -0.4 is 15.4 Å². The van der Waals surface area contributed by atoms with Crippen LogP contribution in [0, 0.1) is 5.82 Å². The molecule has 0 aliphatic heterocycles. The Labute approximate surface area is 117 Å². The minimum absolute atomic E-state index is 0.211. The van der Waals surface area contributed by atoms with E-state index in [0.29, 0.717) is 23.1 Å². The highest BCUT2D eigenvalue weighted by molar-refractivity contribution is 5.60. The van der Waals surface area contributed by atoms with Crippen LogP contribution in [0.5, 0.6) is 5.75 Å². The molecule has 0 unspecified atom stereocenters. The first-order valence-corrected chi connectivity index (χ1v) is 6.32. The highest BCUT2D eigenvalue weighted by Crippen LogP contribution is 2.23. The first-order chi connectivity index (χ1) is 9.66. The van der Waals surface area contributed by atoms with E-state index in [4.69, 9.17) is 4.74 Å². The van der Waals surface area contributed by atoms with Gasteiger partial charge in [0.2, 0.25) is 0 Å². The van der Waals surface area contributed by atoms with Crippen molar-refractivity contribution in [3.8, 4) is 5.75 Å². The summed E-state index contributed by atoms with van der Waals surface area (Å²) in [5, 5.41) is 6.03. The van der Waals surface area contributed by atoms with E-state index in [2.05, 4.69) is 20.6 Å². The Morgan fingerprint density at radius 3 is 2.55 bits per heavy atom. The molecule has 1 aromatic carbocycles. The van der Waals surface area contributed by atoms with Gasteiger partial charge >= 0.3 is 0 Å². The van der Waals surface area contributed by atoms with Crippen LogP contribution in [0.15, 0.2) is 24.3 Å². The maximum absolute atomic E-state index is 13.6. The fraction of sp³-hybridized carbons (Fsp3) is 0.286. The number of halogens is 1. The van der Waals surface area contributed by atoms with Crippen molar-refractivity contribution < 1.29 is 9.13 Å². The van der Waals surface area contributed by atoms with Gasteiger partial charge in [-0.15, -0.1) is 0 Å². The lowest BCUT2D eigenvalue weighted by Gasteiger charge is -2.10. The fourth-order valence-corrected chi connectivity index (χ4v) is 1.74. The van der Waals surface area contributed by atoms with Crippen LogP contribution in [-0.4, -0.2) is 24.1 Å². The van der Waals surface area contributed by atoms with E-state index in [1.807, 2.05) is 6.92 Å². The molecule has 0 aliphatic carbocycles. The van der Waals surface area contributed by atoms with Gasteiger partial charge in [0.25, 0.3) is 0 Å². The SMILES string of the molecule is CCc1nc(NC)cc(Nc2ccc(OC)c(F)c2)n1. The molecular formula is C14H17FN4O. The van der Waals surface area contributed by atoms with Crippen LogP contribution in [0.3, 0.4) is 0 Å². The highest BCUT2D eigenvalue weighted by Gasteiger charge is 2.06. The summed E-state index contributed by atoms with van der Waals surface area (Å²) in [7, 11) is 3.22. The third-order valence-corrected chi connectivity index (χ3v) is 2.77. The van der Waals surface area contributed by atoms with Gasteiger partial charge in [0, 0.05) is 31.3 Å². The standard InChI is InChI=1S/C14H17FN4O/c1-4-12-18-13(16-2)8-14(19-12)17-9-5-6-11(20-3)10(15)7-9/h5-8H,4H2,1-3H3,(H2,16,17,18,19). The van der Waals surface area contributed by atoms with Crippen molar-refractivity contribution in [1.29, 1.82) is 0 Å². The second kappa shape index (κ2) is 6.18. The van der Waals surface area contributed by atoms with Gasteiger partial charge < -0.3 is 15.4 Å². The monoisotopic (exact) mass is 276 g/mol. The molecule has 0 saturated heterocycles. The van der Waals surface area contributed by atoms with Crippen LogP contribution in [0.2, 0.25) is 0 Å². The number of nitrogens with one attached hydrogen (secondary N) is 2. The molecule has 106 valence electrons. The van der Waals surface area contributed by atoms with Crippen molar-refractivity contribution in [1.82, 2.24) is 9.97 Å². The van der Waals surface area contributed by atoms with Crippen molar-refractivity contribution in [2.75, 3.05) is 24.8 Å². The molecule has 0 fully saturated rings. The zero-order valence-corrected chi connectivity index (χ0v) is 11.7. The molecule has 0 bridgehead atoms. The van der Waals surface area contributed by atoms with Crippen molar-refractivity contribution in [3.63, 3.8) is 0 Å². The van der Waals surface area contributed by atoms with Crippen molar-refractivity contribution in [3.05, 3.63) is 35.9 Å². The maximum atomic E-state index is 13.6. The molecule has 6 heteroatoms. The summed E-state index contributed by atoms with van der Waals surface area (Å²) >= 11 is 0. The quantitative estimate of drug-likeness (QED) is 0.879. The Balaban J connectivity index is 2.27. The number of methoxy groups -OCH3 is 1. The molecule has 2 N–H and O–H groups in total. The Morgan fingerprint density at radius 1 is 1.20 bits per heavy atom. The molecule has 5 nitrogen and oxygen atoms in total. The van der Waals surface area contributed by atoms with Crippen molar-refractivity contribution in [2.24, 2.45) is 0 Å². The predicted molar refractivity (Wildman–Crippen MR) is 77.2 cm³/mol. The summed E-state index contributed by atoms with van der Waals surface area (Å²) in [4.78, 5) is 8.65. The number of rotatable bonds is 5. The fourth-order valence-electron chi connectivity index (χ4n) is 1.74. The molecule has 2 aromatic rings. The number of aryl methyl sites for hydroxylation is 1. The molecule has 0 radical (unpaired) electrons. The molecular weight excluding hydrogens is 259 g/mol. The summed E-state index contributed by atoms with van der Waals surface area (Å²) < 4.78 is 18.5. The summed E-state index contributed by atoms with van der Waals surface area (Å²) in [6.07, 6.45) is 0.723. The van der Waals surface area contributed by atoms with Crippen molar-refractivity contribution in [2.45, 2.75) is 13.3 Å². The lowest BCUT2D eigenvalue weighted by atomic mass is 10.3. The van der Waals surface area contributed by atoms with Crippen LogP contribution in [-0.2, 0) is 6.42 Å². The molecule has 0 aliphatic rings. The first-order valence-electron chi connectivity index (χ1n) is 6.32. The molecule has 20 heavy (non-hydrogen) atoms. The average Bonchev–Trinajstić information content (AvgIpc) is 2.47. The molecule has 0 saturated carbocycles. The van der Waals surface area contributed by atoms with E-state index in [0.717, 1.165) is 6.42 Å². The summed E-state index contributed by atoms with van der Waals surface area (Å²) in [5.41, 5.74) is 0.603. The summed E-state index contributed by atoms with van der Waals surface area (Å²) in [5.74, 6) is 1.84. The third kappa shape index (κ3) is 3.14. The number of nitrogens with zero attached hydrogens (tertiary/aromatic N) is 2. The number of benzene rings is 1. The molecule has 0 atom stereocenters. The first kappa shape index (κ1) is 14.0. The van der Waals surface area contributed by atoms with Gasteiger partial charge in [0.15, 0.2) is 11.6 Å². The zero-order chi connectivity index (χ0) is 14.5. The van der Waals surface area contributed by atoms with Gasteiger partial charge in [-0.25, -0.2) is 14.4 Å². The lowest BCUT2D eigenvalue weighted by Crippen LogP contribution is -2.03. The molecule has 2 rings (SSSR count). The zero-order valence-electron chi connectivity index (χ0n) is 11.7. The number of hydrogen-bond acceptors (Lipinski definition) is 5. The Hall–Kier alpha value is -2.37. The van der Waals surface area contributed by atoms with Crippen LogP contribution >= 0.6 is 0 Å². The molecule has 0 spiro atoms. The van der Waals surface area contributed by atoms with E-state index in [-0.39, 0.29) is 5.75 Å². The smallest absolute Gasteiger partial charge is 0.167 e. The third-order valence-electron chi connectivity index (χ3n) is 2.77. The number of hydrogen-bond donors (Lipinski definition) is 2. The molecule has 1 aromatic heterocycles. The van der Waals surface area contributed by atoms with Crippen LogP contribution in [0.4, 0.5) is 21.7 Å². The molecule has 1 heterocycles. The van der Waals surface area contributed by atoms with Gasteiger partial charge in [0.1, 0.15) is 17.5 Å². The van der Waals surface area contributed by atoms with Gasteiger partial charge in [-0.1, -0.05) is 6.92 Å². The second-order valence-corrected chi connectivity index (χ2v) is 4.13. The van der Waals surface area contributed by atoms with E-state index in [1.54, 1.807) is 25.2 Å². The maximum Gasteiger partial charge on any atom is 0.167 e. The van der Waals surface area contributed by atoms with E-state index >= 15 is 0 Å². The average molecular weight is 276 g/mol. The van der Waals surface area contributed by atoms with Crippen molar-refractivity contribution >= 4 is 17.3 Å². The molecule has 0 amide bonds.